The van der Waals surface area contributed by atoms with Gasteiger partial charge in [0, 0.05) is 18.9 Å². The van der Waals surface area contributed by atoms with E-state index in [9.17, 15) is 8.42 Å². The number of hydrogen-bond donors (Lipinski definition) is 1. The summed E-state index contributed by atoms with van der Waals surface area (Å²) in [5.74, 6) is 0.853. The van der Waals surface area contributed by atoms with E-state index in [1.807, 2.05) is 14.0 Å². The topological polar surface area (TPSA) is 55.4 Å². The zero-order chi connectivity index (χ0) is 12.2. The molecule has 0 amide bonds. The van der Waals surface area contributed by atoms with Gasteiger partial charge in [0.15, 0.2) is 0 Å². The molecule has 0 aromatic rings. The highest BCUT2D eigenvalue weighted by atomic mass is 32.2. The zero-order valence-electron chi connectivity index (χ0n) is 10.4. The molecule has 1 N–H and O–H groups in total. The van der Waals surface area contributed by atoms with Crippen molar-refractivity contribution in [3.05, 3.63) is 0 Å². The van der Waals surface area contributed by atoms with Crippen molar-refractivity contribution in [1.29, 1.82) is 0 Å². The molecule has 2 atom stereocenters. The Bertz CT molecular complexity index is 298. The van der Waals surface area contributed by atoms with Gasteiger partial charge in [-0.3, -0.25) is 0 Å². The number of nitrogens with one attached hydrogen (secondary N) is 1. The van der Waals surface area contributed by atoms with Crippen molar-refractivity contribution in [1.82, 2.24) is 5.32 Å². The van der Waals surface area contributed by atoms with Crippen LogP contribution in [0.15, 0.2) is 0 Å². The van der Waals surface area contributed by atoms with Crippen LogP contribution in [0.25, 0.3) is 0 Å². The van der Waals surface area contributed by atoms with Crippen LogP contribution < -0.4 is 5.32 Å². The maximum atomic E-state index is 11.1. The Balaban J connectivity index is 2.49. The maximum absolute atomic E-state index is 11.1. The fraction of sp³-hybridized carbons (Fsp3) is 1.00. The highest BCUT2D eigenvalue weighted by molar-refractivity contribution is 7.90. The van der Waals surface area contributed by atoms with Crippen molar-refractivity contribution in [2.75, 3.05) is 25.7 Å². The van der Waals surface area contributed by atoms with Crippen LogP contribution in [-0.2, 0) is 14.6 Å². The first kappa shape index (κ1) is 13.9. The first-order chi connectivity index (χ1) is 7.48. The second-order valence-electron chi connectivity index (χ2n) is 4.57. The van der Waals surface area contributed by atoms with Gasteiger partial charge in [0.1, 0.15) is 9.84 Å². The monoisotopic (exact) mass is 249 g/mol. The lowest BCUT2D eigenvalue weighted by atomic mass is 10.0. The summed E-state index contributed by atoms with van der Waals surface area (Å²) >= 11 is 0. The molecule has 1 aliphatic carbocycles. The van der Waals surface area contributed by atoms with Crippen molar-refractivity contribution < 1.29 is 13.2 Å². The Kier molecular flexibility index (Phi) is 5.21. The third-order valence-corrected chi connectivity index (χ3v) is 3.99. The molecule has 16 heavy (non-hydrogen) atoms. The predicted molar refractivity (Wildman–Crippen MR) is 65.3 cm³/mol. The van der Waals surface area contributed by atoms with Gasteiger partial charge in [0.05, 0.1) is 11.9 Å². The molecule has 1 fully saturated rings. The van der Waals surface area contributed by atoms with Gasteiger partial charge < -0.3 is 10.1 Å². The van der Waals surface area contributed by atoms with E-state index in [2.05, 4.69) is 5.32 Å². The molecule has 1 rings (SSSR count). The lowest BCUT2D eigenvalue weighted by Gasteiger charge is -2.26. The van der Waals surface area contributed by atoms with Gasteiger partial charge in [-0.2, -0.15) is 0 Å². The largest absolute Gasteiger partial charge is 0.377 e. The maximum Gasteiger partial charge on any atom is 0.147 e. The summed E-state index contributed by atoms with van der Waals surface area (Å²) in [5, 5.41) is 3.19. The first-order valence-corrected chi connectivity index (χ1v) is 8.00. The Morgan fingerprint density at radius 3 is 2.44 bits per heavy atom. The lowest BCUT2D eigenvalue weighted by molar-refractivity contribution is 0.0203. The Morgan fingerprint density at radius 1 is 1.44 bits per heavy atom. The molecule has 0 saturated heterocycles. The molecule has 2 unspecified atom stereocenters. The van der Waals surface area contributed by atoms with E-state index < -0.39 is 9.84 Å². The molecular formula is C11H23NO3S. The van der Waals surface area contributed by atoms with Crippen LogP contribution in [0.3, 0.4) is 0 Å². The summed E-state index contributed by atoms with van der Waals surface area (Å²) in [6, 6.07) is 0.155. The van der Waals surface area contributed by atoms with Crippen LogP contribution >= 0.6 is 0 Å². The summed E-state index contributed by atoms with van der Waals surface area (Å²) in [6.45, 7) is 2.68. The molecule has 0 aromatic carbocycles. The third kappa shape index (κ3) is 4.80. The average molecular weight is 249 g/mol. The van der Waals surface area contributed by atoms with Crippen molar-refractivity contribution >= 4 is 9.84 Å². The molecular weight excluding hydrogens is 226 g/mol. The molecule has 1 saturated carbocycles. The SMILES string of the molecule is CCOC(C1CC1)C(CCS(C)(=O)=O)NC. The van der Waals surface area contributed by atoms with Crippen molar-refractivity contribution in [3.63, 3.8) is 0 Å². The number of hydrogen-bond acceptors (Lipinski definition) is 4. The molecule has 0 spiro atoms. The van der Waals surface area contributed by atoms with E-state index in [1.54, 1.807) is 0 Å². The van der Waals surface area contributed by atoms with Gasteiger partial charge in [0.25, 0.3) is 0 Å². The number of rotatable bonds is 8. The molecule has 0 aromatic heterocycles. The van der Waals surface area contributed by atoms with Crippen LogP contribution in [0.2, 0.25) is 0 Å². The van der Waals surface area contributed by atoms with E-state index in [0.29, 0.717) is 18.9 Å². The molecule has 1 aliphatic rings. The van der Waals surface area contributed by atoms with E-state index >= 15 is 0 Å². The minimum atomic E-state index is -2.88. The van der Waals surface area contributed by atoms with Gasteiger partial charge in [-0.25, -0.2) is 8.42 Å². The predicted octanol–water partition coefficient (Wildman–Crippen LogP) is 0.824. The third-order valence-electron chi connectivity index (χ3n) is 3.01. The lowest BCUT2D eigenvalue weighted by Crippen LogP contribution is -2.42. The van der Waals surface area contributed by atoms with Gasteiger partial charge in [-0.15, -0.1) is 0 Å². The highest BCUT2D eigenvalue weighted by Gasteiger charge is 2.36. The number of likely N-dealkylation sites (N-methyl/N-ethyl adjacent to an activating group) is 1. The van der Waals surface area contributed by atoms with Crippen LogP contribution in [-0.4, -0.2) is 46.2 Å². The van der Waals surface area contributed by atoms with Crippen LogP contribution in [0.4, 0.5) is 0 Å². The van der Waals surface area contributed by atoms with Crippen molar-refractivity contribution in [2.45, 2.75) is 38.3 Å². The minimum Gasteiger partial charge on any atom is -0.377 e. The molecule has 4 nitrogen and oxygen atoms in total. The quantitative estimate of drug-likeness (QED) is 0.692. The van der Waals surface area contributed by atoms with E-state index in [0.717, 1.165) is 0 Å². The van der Waals surface area contributed by atoms with Gasteiger partial charge in [0.2, 0.25) is 0 Å². The molecule has 0 heterocycles. The second kappa shape index (κ2) is 5.98. The van der Waals surface area contributed by atoms with Crippen LogP contribution in [0.5, 0.6) is 0 Å². The van der Waals surface area contributed by atoms with Gasteiger partial charge >= 0.3 is 0 Å². The normalized spacial score (nSPS) is 20.7. The van der Waals surface area contributed by atoms with Crippen LogP contribution in [0, 0.1) is 5.92 Å². The summed E-state index contributed by atoms with van der Waals surface area (Å²) in [4.78, 5) is 0. The summed E-state index contributed by atoms with van der Waals surface area (Å²) in [7, 11) is -1.00. The van der Waals surface area contributed by atoms with Crippen molar-refractivity contribution in [3.8, 4) is 0 Å². The fourth-order valence-corrected chi connectivity index (χ4v) is 2.69. The Morgan fingerprint density at radius 2 is 2.06 bits per heavy atom. The summed E-state index contributed by atoms with van der Waals surface area (Å²) in [5.41, 5.74) is 0. The highest BCUT2D eigenvalue weighted by Crippen LogP contribution is 2.36. The van der Waals surface area contributed by atoms with Crippen LogP contribution in [0.1, 0.15) is 26.2 Å². The number of sulfone groups is 1. The summed E-state index contributed by atoms with van der Waals surface area (Å²) < 4.78 is 28.0. The molecule has 0 aliphatic heterocycles. The van der Waals surface area contributed by atoms with Gasteiger partial charge in [-0.1, -0.05) is 0 Å². The number of ether oxygens (including phenoxy) is 1. The fourth-order valence-electron chi connectivity index (χ4n) is 2.01. The standard InChI is InChI=1S/C11H23NO3S/c1-4-15-11(9-5-6-9)10(12-2)7-8-16(3,13)14/h9-12H,4-8H2,1-3H3. The van der Waals surface area contributed by atoms with Gasteiger partial charge in [-0.05, 0) is 39.2 Å². The van der Waals surface area contributed by atoms with E-state index in [4.69, 9.17) is 4.74 Å². The van der Waals surface area contributed by atoms with E-state index in [1.165, 1.54) is 19.1 Å². The molecule has 96 valence electrons. The Labute approximate surface area is 98.7 Å². The summed E-state index contributed by atoms with van der Waals surface area (Å²) in [6.07, 6.45) is 4.52. The Hall–Kier alpha value is -0.130. The zero-order valence-corrected chi connectivity index (χ0v) is 11.2. The first-order valence-electron chi connectivity index (χ1n) is 5.94. The smallest absolute Gasteiger partial charge is 0.147 e. The van der Waals surface area contributed by atoms with E-state index in [-0.39, 0.29) is 17.9 Å². The minimum absolute atomic E-state index is 0.155. The second-order valence-corrected chi connectivity index (χ2v) is 6.83. The molecule has 0 bridgehead atoms. The average Bonchev–Trinajstić information content (AvgIpc) is 2.98. The van der Waals surface area contributed by atoms with Crippen molar-refractivity contribution in [2.24, 2.45) is 5.92 Å². The molecule has 0 radical (unpaired) electrons. The molecule has 5 heteroatoms.